The number of hydrogen-bond acceptors (Lipinski definition) is 7. The van der Waals surface area contributed by atoms with Crippen molar-refractivity contribution < 1.29 is 24.1 Å². The van der Waals surface area contributed by atoms with Gasteiger partial charge in [0.25, 0.3) is 5.69 Å². The number of rotatable bonds is 7. The second-order valence-electron chi connectivity index (χ2n) is 8.06. The number of nitrogens with zero attached hydrogens (tertiary/aromatic N) is 3. The molecule has 3 aromatic carbocycles. The molecule has 0 aliphatic heterocycles. The molecule has 0 spiro atoms. The van der Waals surface area contributed by atoms with Crippen molar-refractivity contribution in [3.05, 3.63) is 94.1 Å². The summed E-state index contributed by atoms with van der Waals surface area (Å²) in [4.78, 5) is 39.1. The number of carbonyl (C=O) groups is 2. The Hall–Kier alpha value is -4.79. The van der Waals surface area contributed by atoms with E-state index in [-0.39, 0.29) is 5.69 Å². The highest BCUT2D eigenvalue weighted by Crippen LogP contribution is 2.33. The molecule has 36 heavy (non-hydrogen) atoms. The fourth-order valence-electron chi connectivity index (χ4n) is 4.18. The number of nitro benzene ring substituents is 1. The van der Waals surface area contributed by atoms with Crippen LogP contribution < -0.4 is 4.74 Å². The Morgan fingerprint density at radius 2 is 1.78 bits per heavy atom. The molecule has 182 valence electrons. The predicted octanol–water partition coefficient (Wildman–Crippen LogP) is 5.44. The smallest absolute Gasteiger partial charge is 0.335 e. The number of non-ortho nitro benzene ring substituents is 1. The monoisotopic (exact) mass is 485 g/mol. The van der Waals surface area contributed by atoms with E-state index in [1.807, 2.05) is 32.0 Å². The molecule has 4 rings (SSSR count). The molecule has 0 unspecified atom stereocenters. The van der Waals surface area contributed by atoms with Gasteiger partial charge in [-0.05, 0) is 55.8 Å². The van der Waals surface area contributed by atoms with Gasteiger partial charge < -0.3 is 14.1 Å². The highest BCUT2D eigenvalue weighted by atomic mass is 16.7. The average molecular weight is 485 g/mol. The van der Waals surface area contributed by atoms with E-state index in [4.69, 9.17) is 9.57 Å². The SMILES string of the molecule is C=CC(=O)Oc1ccc(/C(=N\OC(C)=O)c2ccc3c(c2)c2cc([N+](=O)[O-])ccc2n3CC)c(C)c1. The van der Waals surface area contributed by atoms with E-state index in [1.165, 1.54) is 13.0 Å². The fraction of sp³-hybridized carbons (Fsp3) is 0.148. The lowest BCUT2D eigenvalue weighted by atomic mass is 9.96. The van der Waals surface area contributed by atoms with Gasteiger partial charge in [-0.1, -0.05) is 17.8 Å². The lowest BCUT2D eigenvalue weighted by molar-refractivity contribution is -0.384. The van der Waals surface area contributed by atoms with Crippen LogP contribution in [0, 0.1) is 17.0 Å². The second-order valence-corrected chi connectivity index (χ2v) is 8.06. The molecular formula is C27H23N3O6. The Kier molecular flexibility index (Phi) is 6.64. The van der Waals surface area contributed by atoms with E-state index < -0.39 is 16.9 Å². The lowest BCUT2D eigenvalue weighted by Crippen LogP contribution is -2.09. The van der Waals surface area contributed by atoms with E-state index in [2.05, 4.69) is 16.3 Å². The molecule has 0 atom stereocenters. The Labute approximate surface area is 206 Å². The Balaban J connectivity index is 1.91. The third kappa shape index (κ3) is 4.58. The Morgan fingerprint density at radius 1 is 1.08 bits per heavy atom. The van der Waals surface area contributed by atoms with Crippen LogP contribution in [0.3, 0.4) is 0 Å². The molecule has 1 aromatic heterocycles. The van der Waals surface area contributed by atoms with Crippen LogP contribution in [0.5, 0.6) is 5.75 Å². The zero-order chi connectivity index (χ0) is 26.0. The van der Waals surface area contributed by atoms with E-state index in [9.17, 15) is 19.7 Å². The number of hydrogen-bond donors (Lipinski definition) is 0. The first-order valence-electron chi connectivity index (χ1n) is 11.1. The maximum absolute atomic E-state index is 11.6. The number of carbonyl (C=O) groups excluding carboxylic acids is 2. The van der Waals surface area contributed by atoms with Crippen molar-refractivity contribution in [3.8, 4) is 5.75 Å². The van der Waals surface area contributed by atoms with Gasteiger partial charge in [0.2, 0.25) is 0 Å². The van der Waals surface area contributed by atoms with Crippen LogP contribution >= 0.6 is 0 Å². The fourth-order valence-corrected chi connectivity index (χ4v) is 4.18. The van der Waals surface area contributed by atoms with Crippen LogP contribution in [0.4, 0.5) is 5.69 Å². The normalized spacial score (nSPS) is 11.5. The summed E-state index contributed by atoms with van der Waals surface area (Å²) in [5.41, 5.74) is 4.18. The minimum Gasteiger partial charge on any atom is -0.423 e. The first-order chi connectivity index (χ1) is 17.2. The number of ether oxygens (including phenoxy) is 1. The van der Waals surface area contributed by atoms with Gasteiger partial charge in [-0.15, -0.1) is 0 Å². The van der Waals surface area contributed by atoms with Gasteiger partial charge in [-0.25, -0.2) is 9.59 Å². The van der Waals surface area contributed by atoms with Crippen LogP contribution in [-0.4, -0.2) is 27.1 Å². The largest absolute Gasteiger partial charge is 0.423 e. The second kappa shape index (κ2) is 9.83. The van der Waals surface area contributed by atoms with E-state index in [0.717, 1.165) is 33.4 Å². The molecule has 9 heteroatoms. The number of fused-ring (bicyclic) bond motifs is 3. The number of benzene rings is 3. The quantitative estimate of drug-likeness (QED) is 0.0655. The molecule has 0 saturated heterocycles. The molecule has 1 heterocycles. The van der Waals surface area contributed by atoms with Gasteiger partial charge in [-0.3, -0.25) is 10.1 Å². The van der Waals surface area contributed by atoms with E-state index >= 15 is 0 Å². The molecule has 0 bridgehead atoms. The minimum atomic E-state index is -0.582. The van der Waals surface area contributed by atoms with Gasteiger partial charge >= 0.3 is 11.9 Å². The van der Waals surface area contributed by atoms with Gasteiger partial charge in [0.05, 0.1) is 4.92 Å². The maximum atomic E-state index is 11.6. The molecular weight excluding hydrogens is 462 g/mol. The summed E-state index contributed by atoms with van der Waals surface area (Å²) in [6.07, 6.45) is 1.07. The van der Waals surface area contributed by atoms with Crippen molar-refractivity contribution in [3.63, 3.8) is 0 Å². The first kappa shape index (κ1) is 24.3. The van der Waals surface area contributed by atoms with Crippen molar-refractivity contribution in [2.24, 2.45) is 5.16 Å². The molecule has 0 radical (unpaired) electrons. The minimum absolute atomic E-state index is 0.00244. The molecule has 0 N–H and O–H groups in total. The summed E-state index contributed by atoms with van der Waals surface area (Å²) in [6.45, 7) is 9.14. The van der Waals surface area contributed by atoms with Crippen molar-refractivity contribution >= 4 is 45.1 Å². The summed E-state index contributed by atoms with van der Waals surface area (Å²) in [5, 5.41) is 17.1. The van der Waals surface area contributed by atoms with Gasteiger partial charge in [-0.2, -0.15) is 0 Å². The molecule has 0 aliphatic carbocycles. The summed E-state index contributed by atoms with van der Waals surface area (Å²) < 4.78 is 7.27. The Bertz CT molecular complexity index is 1580. The summed E-state index contributed by atoms with van der Waals surface area (Å²) in [7, 11) is 0. The molecule has 9 nitrogen and oxygen atoms in total. The number of nitro groups is 1. The zero-order valence-corrected chi connectivity index (χ0v) is 20.0. The average Bonchev–Trinajstić information content (AvgIpc) is 3.17. The van der Waals surface area contributed by atoms with Crippen molar-refractivity contribution in [2.75, 3.05) is 0 Å². The number of aromatic nitrogens is 1. The first-order valence-corrected chi connectivity index (χ1v) is 11.1. The van der Waals surface area contributed by atoms with Crippen LogP contribution in [0.25, 0.3) is 21.8 Å². The zero-order valence-electron chi connectivity index (χ0n) is 20.0. The topological polar surface area (TPSA) is 113 Å². The third-order valence-electron chi connectivity index (χ3n) is 5.75. The van der Waals surface area contributed by atoms with Crippen LogP contribution in [0.15, 0.2) is 72.4 Å². The van der Waals surface area contributed by atoms with Crippen LogP contribution in [-0.2, 0) is 21.0 Å². The molecule has 0 amide bonds. The Morgan fingerprint density at radius 3 is 2.39 bits per heavy atom. The van der Waals surface area contributed by atoms with Crippen molar-refractivity contribution in [2.45, 2.75) is 27.3 Å². The molecule has 4 aromatic rings. The summed E-state index contributed by atoms with van der Waals surface area (Å²) >= 11 is 0. The van der Waals surface area contributed by atoms with Gasteiger partial charge in [0.15, 0.2) is 0 Å². The van der Waals surface area contributed by atoms with Gasteiger partial charge in [0, 0.05) is 64.6 Å². The molecule has 0 aliphatic rings. The standard InChI is InChI=1S/C27H23N3O6/c1-5-26(32)35-20-9-10-21(16(3)13-20)27(28-36-17(4)31)18-7-11-24-22(14-18)23-15-19(30(33)34)8-12-25(23)29(24)6-2/h5,7-15H,1,6H2,2-4H3/b28-27-. The molecule has 0 saturated carbocycles. The van der Waals surface area contributed by atoms with Crippen LogP contribution in [0.1, 0.15) is 30.5 Å². The summed E-state index contributed by atoms with van der Waals surface area (Å²) in [5.74, 6) is -0.828. The highest BCUT2D eigenvalue weighted by Gasteiger charge is 2.18. The van der Waals surface area contributed by atoms with Crippen molar-refractivity contribution in [1.82, 2.24) is 4.57 Å². The summed E-state index contributed by atoms with van der Waals surface area (Å²) in [6, 6.07) is 15.4. The van der Waals surface area contributed by atoms with Crippen LogP contribution in [0.2, 0.25) is 0 Å². The van der Waals surface area contributed by atoms with E-state index in [0.29, 0.717) is 29.1 Å². The maximum Gasteiger partial charge on any atom is 0.335 e. The number of oxime groups is 1. The molecule has 0 fully saturated rings. The highest BCUT2D eigenvalue weighted by molar-refractivity contribution is 6.17. The van der Waals surface area contributed by atoms with Gasteiger partial charge in [0.1, 0.15) is 11.5 Å². The number of esters is 1. The number of aryl methyl sites for hydroxylation is 2. The third-order valence-corrected chi connectivity index (χ3v) is 5.75. The predicted molar refractivity (Wildman–Crippen MR) is 136 cm³/mol. The van der Waals surface area contributed by atoms with Crippen molar-refractivity contribution in [1.29, 1.82) is 0 Å². The van der Waals surface area contributed by atoms with E-state index in [1.54, 1.807) is 30.3 Å². The lowest BCUT2D eigenvalue weighted by Gasteiger charge is -2.12.